The number of rotatable bonds is 5. The molecule has 0 aromatic heterocycles. The fraction of sp³-hybridized carbons (Fsp3) is 0.143. The first-order valence-corrected chi connectivity index (χ1v) is 5.63. The molecule has 0 aliphatic heterocycles. The molecule has 19 heavy (non-hydrogen) atoms. The van der Waals surface area contributed by atoms with E-state index in [4.69, 9.17) is 0 Å². The summed E-state index contributed by atoms with van der Waals surface area (Å²) >= 11 is 0. The molecule has 1 aromatic carbocycles. The monoisotopic (exact) mass is 263 g/mol. The molecule has 100 valence electrons. The molecule has 0 atom stereocenters. The molecule has 1 rings (SSSR count). The summed E-state index contributed by atoms with van der Waals surface area (Å²) in [5.74, 6) is -1.60. The van der Waals surface area contributed by atoms with E-state index in [1.165, 1.54) is 36.4 Å². The van der Waals surface area contributed by atoms with Gasteiger partial charge in [-0.15, -0.1) is 0 Å². The highest BCUT2D eigenvalue weighted by atomic mass is 19.1. The van der Waals surface area contributed by atoms with E-state index in [9.17, 15) is 14.0 Å². The Hall–Kier alpha value is -2.43. The molecular formula is C14H14FNO3. The van der Waals surface area contributed by atoms with Crippen molar-refractivity contribution in [3.8, 4) is 0 Å². The summed E-state index contributed by atoms with van der Waals surface area (Å²) in [5.41, 5.74) is 0.311. The van der Waals surface area contributed by atoms with Crippen LogP contribution < -0.4 is 5.32 Å². The van der Waals surface area contributed by atoms with Crippen LogP contribution >= 0.6 is 0 Å². The molecule has 0 saturated heterocycles. The first kappa shape index (κ1) is 14.6. The lowest BCUT2D eigenvalue weighted by Gasteiger charge is -2.05. The van der Waals surface area contributed by atoms with E-state index in [1.54, 1.807) is 12.2 Å². The standard InChI is InChI=1S/C14H14FNO3/c1-2-3-4-8-14(18)19-10-13(17)16-12-7-5-6-11(15)9-12/h2-9H,10H2,1H3,(H,16,17)/b3-2+,8-4+. The summed E-state index contributed by atoms with van der Waals surface area (Å²) in [6, 6.07) is 5.44. The first-order valence-electron chi connectivity index (χ1n) is 5.63. The minimum absolute atomic E-state index is 0.311. The molecule has 0 spiro atoms. The second-order valence-corrected chi connectivity index (χ2v) is 3.55. The van der Waals surface area contributed by atoms with Gasteiger partial charge in [-0.2, -0.15) is 0 Å². The largest absolute Gasteiger partial charge is 0.452 e. The van der Waals surface area contributed by atoms with Gasteiger partial charge in [-0.25, -0.2) is 9.18 Å². The minimum atomic E-state index is -0.618. The van der Waals surface area contributed by atoms with Crippen molar-refractivity contribution in [3.63, 3.8) is 0 Å². The lowest BCUT2D eigenvalue weighted by molar-refractivity contribution is -0.142. The summed E-state index contributed by atoms with van der Waals surface area (Å²) < 4.78 is 17.5. The van der Waals surface area contributed by atoms with Crippen LogP contribution in [-0.4, -0.2) is 18.5 Å². The maximum absolute atomic E-state index is 12.9. The van der Waals surface area contributed by atoms with Gasteiger partial charge in [-0.3, -0.25) is 4.79 Å². The predicted octanol–water partition coefficient (Wildman–Crippen LogP) is 2.44. The van der Waals surface area contributed by atoms with Gasteiger partial charge in [0.05, 0.1) is 0 Å². The third-order valence-electron chi connectivity index (χ3n) is 1.99. The van der Waals surface area contributed by atoms with Crippen molar-refractivity contribution in [2.45, 2.75) is 6.92 Å². The Balaban J connectivity index is 2.38. The van der Waals surface area contributed by atoms with Gasteiger partial charge in [0.1, 0.15) is 5.82 Å². The maximum Gasteiger partial charge on any atom is 0.331 e. The van der Waals surface area contributed by atoms with Gasteiger partial charge >= 0.3 is 5.97 Å². The topological polar surface area (TPSA) is 55.4 Å². The maximum atomic E-state index is 12.9. The Morgan fingerprint density at radius 1 is 1.37 bits per heavy atom. The summed E-state index contributed by atoms with van der Waals surface area (Å²) in [4.78, 5) is 22.6. The summed E-state index contributed by atoms with van der Waals surface area (Å²) in [6.45, 7) is 1.39. The van der Waals surface area contributed by atoms with E-state index < -0.39 is 24.3 Å². The molecule has 0 bridgehead atoms. The number of allylic oxidation sites excluding steroid dienone is 3. The Bertz CT molecular complexity index is 509. The number of amides is 1. The fourth-order valence-electron chi connectivity index (χ4n) is 1.19. The lowest BCUT2D eigenvalue weighted by atomic mass is 10.3. The average Bonchev–Trinajstić information content (AvgIpc) is 2.37. The van der Waals surface area contributed by atoms with Gasteiger partial charge < -0.3 is 10.1 Å². The molecule has 0 aliphatic rings. The minimum Gasteiger partial charge on any atom is -0.452 e. The number of anilines is 1. The van der Waals surface area contributed by atoms with Crippen molar-refractivity contribution in [1.29, 1.82) is 0 Å². The van der Waals surface area contributed by atoms with Gasteiger partial charge in [0, 0.05) is 11.8 Å². The fourth-order valence-corrected chi connectivity index (χ4v) is 1.19. The van der Waals surface area contributed by atoms with Crippen molar-refractivity contribution >= 4 is 17.6 Å². The smallest absolute Gasteiger partial charge is 0.331 e. The number of halogens is 1. The van der Waals surface area contributed by atoms with Crippen LogP contribution in [0.4, 0.5) is 10.1 Å². The molecule has 0 radical (unpaired) electrons. The highest BCUT2D eigenvalue weighted by Crippen LogP contribution is 2.08. The number of benzene rings is 1. The van der Waals surface area contributed by atoms with E-state index >= 15 is 0 Å². The molecule has 0 saturated carbocycles. The van der Waals surface area contributed by atoms with Crippen LogP contribution in [-0.2, 0) is 14.3 Å². The van der Waals surface area contributed by atoms with Crippen molar-refractivity contribution in [1.82, 2.24) is 0 Å². The zero-order valence-corrected chi connectivity index (χ0v) is 10.4. The first-order chi connectivity index (χ1) is 9.11. The van der Waals surface area contributed by atoms with Crippen LogP contribution in [0.15, 0.2) is 48.6 Å². The number of carbonyl (C=O) groups is 2. The number of ether oxygens (including phenoxy) is 1. The number of carbonyl (C=O) groups excluding carboxylic acids is 2. The number of hydrogen-bond acceptors (Lipinski definition) is 3. The van der Waals surface area contributed by atoms with Crippen molar-refractivity contribution in [2.24, 2.45) is 0 Å². The Labute approximate surface area is 110 Å². The van der Waals surface area contributed by atoms with Crippen LogP contribution in [0, 0.1) is 5.82 Å². The van der Waals surface area contributed by atoms with E-state index in [1.807, 2.05) is 6.92 Å². The molecule has 1 amide bonds. The van der Waals surface area contributed by atoms with Crippen LogP contribution in [0.2, 0.25) is 0 Å². The van der Waals surface area contributed by atoms with Crippen LogP contribution in [0.3, 0.4) is 0 Å². The quantitative estimate of drug-likeness (QED) is 0.504. The highest BCUT2D eigenvalue weighted by molar-refractivity contribution is 5.93. The molecule has 5 heteroatoms. The lowest BCUT2D eigenvalue weighted by Crippen LogP contribution is -2.20. The van der Waals surface area contributed by atoms with Gasteiger partial charge in [-0.1, -0.05) is 24.3 Å². The number of nitrogens with one attached hydrogen (secondary N) is 1. The number of esters is 1. The van der Waals surface area contributed by atoms with E-state index in [0.717, 1.165) is 0 Å². The van der Waals surface area contributed by atoms with Gasteiger partial charge in [0.15, 0.2) is 6.61 Å². The van der Waals surface area contributed by atoms with Gasteiger partial charge in [0.25, 0.3) is 5.91 Å². The number of hydrogen-bond donors (Lipinski definition) is 1. The van der Waals surface area contributed by atoms with Gasteiger partial charge in [0.2, 0.25) is 0 Å². The van der Waals surface area contributed by atoms with Gasteiger partial charge in [-0.05, 0) is 25.1 Å². The van der Waals surface area contributed by atoms with Crippen molar-refractivity contribution in [3.05, 3.63) is 54.4 Å². The molecule has 0 heterocycles. The zero-order chi connectivity index (χ0) is 14.1. The normalized spacial score (nSPS) is 10.8. The van der Waals surface area contributed by atoms with Crippen LogP contribution in [0.1, 0.15) is 6.92 Å². The van der Waals surface area contributed by atoms with E-state index in [-0.39, 0.29) is 0 Å². The zero-order valence-electron chi connectivity index (χ0n) is 10.4. The third-order valence-corrected chi connectivity index (χ3v) is 1.99. The second-order valence-electron chi connectivity index (χ2n) is 3.55. The van der Waals surface area contributed by atoms with Crippen molar-refractivity contribution < 1.29 is 18.7 Å². The summed E-state index contributed by atoms with van der Waals surface area (Å²) in [5, 5.41) is 2.41. The highest BCUT2D eigenvalue weighted by Gasteiger charge is 2.05. The second kappa shape index (κ2) is 7.81. The van der Waals surface area contributed by atoms with Crippen molar-refractivity contribution in [2.75, 3.05) is 11.9 Å². The molecule has 1 aromatic rings. The Morgan fingerprint density at radius 2 is 2.16 bits per heavy atom. The van der Waals surface area contributed by atoms with E-state index in [0.29, 0.717) is 5.69 Å². The molecule has 0 aliphatic carbocycles. The summed E-state index contributed by atoms with van der Waals surface area (Å²) in [6.07, 6.45) is 6.12. The van der Waals surface area contributed by atoms with E-state index in [2.05, 4.69) is 10.1 Å². The summed E-state index contributed by atoms with van der Waals surface area (Å²) in [7, 11) is 0. The average molecular weight is 263 g/mol. The predicted molar refractivity (Wildman–Crippen MR) is 69.9 cm³/mol. The molecule has 1 N–H and O–H groups in total. The van der Waals surface area contributed by atoms with Crippen LogP contribution in [0.5, 0.6) is 0 Å². The molecule has 0 fully saturated rings. The molecular weight excluding hydrogens is 249 g/mol. The molecule has 4 nitrogen and oxygen atoms in total. The Kier molecular flexibility index (Phi) is 6.02. The van der Waals surface area contributed by atoms with Crippen LogP contribution in [0.25, 0.3) is 0 Å². The Morgan fingerprint density at radius 3 is 2.84 bits per heavy atom. The third kappa shape index (κ3) is 6.16. The SMILES string of the molecule is C/C=C/C=C/C(=O)OCC(=O)Nc1cccc(F)c1. The molecule has 0 unspecified atom stereocenters.